The van der Waals surface area contributed by atoms with E-state index in [1.54, 1.807) is 17.0 Å². The van der Waals surface area contributed by atoms with E-state index in [2.05, 4.69) is 11.1 Å². The van der Waals surface area contributed by atoms with Gasteiger partial charge in [0.15, 0.2) is 0 Å². The molecule has 35 heavy (non-hydrogen) atoms. The summed E-state index contributed by atoms with van der Waals surface area (Å²) in [6.07, 6.45) is 4.04. The average Bonchev–Trinajstić information content (AvgIpc) is 3.45. The van der Waals surface area contributed by atoms with E-state index < -0.39 is 6.04 Å². The number of rotatable bonds is 5. The molecule has 0 unspecified atom stereocenters. The molecule has 0 spiro atoms. The van der Waals surface area contributed by atoms with Crippen molar-refractivity contribution in [2.75, 3.05) is 9.80 Å². The van der Waals surface area contributed by atoms with Gasteiger partial charge in [0, 0.05) is 47.5 Å². The predicted molar refractivity (Wildman–Crippen MR) is 135 cm³/mol. The number of hydrogen-bond donors (Lipinski definition) is 0. The van der Waals surface area contributed by atoms with Crippen LogP contribution in [0.5, 0.6) is 0 Å². The maximum absolute atomic E-state index is 14.1. The van der Waals surface area contributed by atoms with Crippen LogP contribution in [-0.4, -0.2) is 27.4 Å². The number of nitrogens with zero attached hydrogens (tertiary/aromatic N) is 5. The second-order valence-corrected chi connectivity index (χ2v) is 8.93. The lowest BCUT2D eigenvalue weighted by Crippen LogP contribution is -2.47. The summed E-state index contributed by atoms with van der Waals surface area (Å²) in [7, 11) is 1.97. The Hall–Kier alpha value is -4.15. The van der Waals surface area contributed by atoms with Gasteiger partial charge in [0.1, 0.15) is 11.9 Å². The fourth-order valence-electron chi connectivity index (χ4n) is 4.53. The van der Waals surface area contributed by atoms with Crippen molar-refractivity contribution in [2.45, 2.75) is 25.4 Å². The lowest BCUT2D eigenvalue weighted by molar-refractivity contribution is -0.122. The number of aryl methyl sites for hydroxylation is 1. The van der Waals surface area contributed by atoms with Gasteiger partial charge in [-0.05, 0) is 54.4 Å². The Morgan fingerprint density at radius 2 is 2.03 bits per heavy atom. The molecule has 7 nitrogen and oxygen atoms in total. The second kappa shape index (κ2) is 9.24. The summed E-state index contributed by atoms with van der Waals surface area (Å²) in [5.74, 6) is -0.113. The number of anilines is 2. The van der Waals surface area contributed by atoms with Gasteiger partial charge < -0.3 is 9.47 Å². The SMILES string of the molecule is Cn1ccc2cc(N(Cc3ccccc3Cl)C(=O)[C@@H]3CCC(=O)N3c3cc(C#N)ccn3)ccc21. The maximum Gasteiger partial charge on any atom is 0.250 e. The van der Waals surface area contributed by atoms with E-state index in [1.807, 2.05) is 60.3 Å². The number of amides is 2. The minimum Gasteiger partial charge on any atom is -0.351 e. The van der Waals surface area contributed by atoms with E-state index in [1.165, 1.54) is 17.2 Å². The van der Waals surface area contributed by atoms with Gasteiger partial charge in [-0.15, -0.1) is 0 Å². The fraction of sp³-hybridized carbons (Fsp3) is 0.185. The number of fused-ring (bicyclic) bond motifs is 1. The van der Waals surface area contributed by atoms with Crippen molar-refractivity contribution < 1.29 is 9.59 Å². The van der Waals surface area contributed by atoms with Gasteiger partial charge in [-0.1, -0.05) is 29.8 Å². The van der Waals surface area contributed by atoms with Crippen LogP contribution in [0.15, 0.2) is 73.1 Å². The van der Waals surface area contributed by atoms with Crippen LogP contribution in [0.25, 0.3) is 10.9 Å². The summed E-state index contributed by atoms with van der Waals surface area (Å²) >= 11 is 6.45. The molecule has 5 rings (SSSR count). The Morgan fingerprint density at radius 1 is 1.20 bits per heavy atom. The highest BCUT2D eigenvalue weighted by atomic mass is 35.5. The maximum atomic E-state index is 14.1. The number of carbonyl (C=O) groups excluding carboxylic acids is 2. The molecule has 1 aliphatic rings. The van der Waals surface area contributed by atoms with Crippen molar-refractivity contribution in [3.05, 3.63) is 89.2 Å². The van der Waals surface area contributed by atoms with Crippen molar-refractivity contribution in [2.24, 2.45) is 7.05 Å². The molecule has 1 atom stereocenters. The number of halogens is 1. The molecule has 3 heterocycles. The zero-order chi connectivity index (χ0) is 24.5. The van der Waals surface area contributed by atoms with Gasteiger partial charge in [0.25, 0.3) is 5.91 Å². The molecule has 2 amide bonds. The van der Waals surface area contributed by atoms with E-state index >= 15 is 0 Å². The minimum absolute atomic E-state index is 0.192. The van der Waals surface area contributed by atoms with Gasteiger partial charge in [0.2, 0.25) is 5.91 Å². The average molecular weight is 484 g/mol. The first kappa shape index (κ1) is 22.6. The molecule has 0 N–H and O–H groups in total. The van der Waals surface area contributed by atoms with E-state index in [0.29, 0.717) is 28.5 Å². The smallest absolute Gasteiger partial charge is 0.250 e. The molecule has 1 saturated heterocycles. The van der Waals surface area contributed by atoms with Crippen LogP contribution in [0, 0.1) is 11.3 Å². The van der Waals surface area contributed by atoms with Crippen molar-refractivity contribution in [1.82, 2.24) is 9.55 Å². The van der Waals surface area contributed by atoms with Crippen molar-refractivity contribution in [1.29, 1.82) is 5.26 Å². The Balaban J connectivity index is 1.56. The molecule has 0 radical (unpaired) electrons. The number of nitriles is 1. The van der Waals surface area contributed by atoms with Gasteiger partial charge >= 0.3 is 0 Å². The highest BCUT2D eigenvalue weighted by molar-refractivity contribution is 6.31. The highest BCUT2D eigenvalue weighted by Gasteiger charge is 2.40. The summed E-state index contributed by atoms with van der Waals surface area (Å²) in [6.45, 7) is 0.251. The largest absolute Gasteiger partial charge is 0.351 e. The topological polar surface area (TPSA) is 82.2 Å². The minimum atomic E-state index is -0.738. The first-order valence-corrected chi connectivity index (χ1v) is 11.6. The van der Waals surface area contributed by atoms with E-state index in [4.69, 9.17) is 11.6 Å². The first-order valence-electron chi connectivity index (χ1n) is 11.2. The third kappa shape index (κ3) is 4.25. The third-order valence-corrected chi connectivity index (χ3v) is 6.72. The lowest BCUT2D eigenvalue weighted by atomic mass is 10.1. The molecule has 0 bridgehead atoms. The van der Waals surface area contributed by atoms with Crippen LogP contribution in [0.4, 0.5) is 11.5 Å². The summed E-state index contributed by atoms with van der Waals surface area (Å²) in [5, 5.41) is 10.9. The number of aromatic nitrogens is 2. The van der Waals surface area contributed by atoms with Gasteiger partial charge in [-0.3, -0.25) is 14.5 Å². The Labute approximate surface area is 207 Å². The van der Waals surface area contributed by atoms with E-state index in [0.717, 1.165) is 16.5 Å². The fourth-order valence-corrected chi connectivity index (χ4v) is 4.73. The Bertz CT molecular complexity index is 1490. The molecular weight excluding hydrogens is 462 g/mol. The normalized spacial score (nSPS) is 15.4. The standard InChI is InChI=1S/C27H22ClN5O2/c1-31-13-11-19-15-21(6-7-23(19)31)32(17-20-4-2-3-5-22(20)28)27(35)24-8-9-26(34)33(24)25-14-18(16-29)10-12-30-25/h2-7,10-15,24H,8-9,17H2,1H3/t24-/m0/s1. The zero-order valence-electron chi connectivity index (χ0n) is 19.1. The van der Waals surface area contributed by atoms with E-state index in [-0.39, 0.29) is 24.8 Å². The van der Waals surface area contributed by atoms with Gasteiger partial charge in [-0.25, -0.2) is 4.98 Å². The predicted octanol–water partition coefficient (Wildman–Crippen LogP) is 4.83. The zero-order valence-corrected chi connectivity index (χ0v) is 19.8. The molecule has 4 aromatic rings. The number of carbonyl (C=O) groups is 2. The molecule has 2 aromatic heterocycles. The monoisotopic (exact) mass is 483 g/mol. The van der Waals surface area contributed by atoms with Crippen LogP contribution in [0.3, 0.4) is 0 Å². The molecule has 2 aromatic carbocycles. The lowest BCUT2D eigenvalue weighted by Gasteiger charge is -2.30. The van der Waals surface area contributed by atoms with Crippen LogP contribution in [0.1, 0.15) is 24.0 Å². The number of hydrogen-bond acceptors (Lipinski definition) is 4. The molecule has 0 saturated carbocycles. The highest BCUT2D eigenvalue weighted by Crippen LogP contribution is 2.31. The van der Waals surface area contributed by atoms with Crippen LogP contribution < -0.4 is 9.80 Å². The molecule has 8 heteroatoms. The van der Waals surface area contributed by atoms with Crippen LogP contribution in [-0.2, 0) is 23.2 Å². The van der Waals surface area contributed by atoms with Gasteiger partial charge in [0.05, 0.1) is 18.2 Å². The Morgan fingerprint density at radius 3 is 2.83 bits per heavy atom. The van der Waals surface area contributed by atoms with Crippen LogP contribution in [0.2, 0.25) is 5.02 Å². The van der Waals surface area contributed by atoms with Crippen molar-refractivity contribution in [3.63, 3.8) is 0 Å². The summed E-state index contributed by atoms with van der Waals surface area (Å²) in [6, 6.07) is 19.7. The van der Waals surface area contributed by atoms with Crippen molar-refractivity contribution >= 4 is 45.8 Å². The van der Waals surface area contributed by atoms with Crippen molar-refractivity contribution in [3.8, 4) is 6.07 Å². The number of benzene rings is 2. The third-order valence-electron chi connectivity index (χ3n) is 6.35. The second-order valence-electron chi connectivity index (χ2n) is 8.52. The number of pyridine rings is 1. The molecule has 1 fully saturated rings. The Kier molecular flexibility index (Phi) is 5.98. The summed E-state index contributed by atoms with van der Waals surface area (Å²) < 4.78 is 2.02. The summed E-state index contributed by atoms with van der Waals surface area (Å²) in [4.78, 5) is 34.3. The van der Waals surface area contributed by atoms with E-state index in [9.17, 15) is 14.9 Å². The van der Waals surface area contributed by atoms with Gasteiger partial charge in [-0.2, -0.15) is 5.26 Å². The molecular formula is C27H22ClN5O2. The molecule has 174 valence electrons. The molecule has 1 aliphatic heterocycles. The summed E-state index contributed by atoms with van der Waals surface area (Å²) in [5.41, 5.74) is 2.94. The molecule has 0 aliphatic carbocycles. The quantitative estimate of drug-likeness (QED) is 0.407. The first-order chi connectivity index (χ1) is 17.0. The van der Waals surface area contributed by atoms with Crippen LogP contribution >= 0.6 is 11.6 Å².